The Labute approximate surface area is 187 Å². The largest absolute Gasteiger partial charge is 0.285 e. The van der Waals surface area contributed by atoms with Crippen LogP contribution in [0.2, 0.25) is 10.0 Å². The summed E-state index contributed by atoms with van der Waals surface area (Å²) in [6.45, 7) is 1.71. The van der Waals surface area contributed by atoms with E-state index in [4.69, 9.17) is 23.2 Å². The van der Waals surface area contributed by atoms with Crippen LogP contribution in [0.25, 0.3) is 0 Å². The second kappa shape index (κ2) is 7.43. The SMILES string of the molecule is C[C@@]1(Cc2ccc(Br)cc2)C(=O)N(c2cc(Cl)cc(Cl)c2)c2ncc([SH](=O)=O)n21. The van der Waals surface area contributed by atoms with Crippen molar-refractivity contribution in [2.24, 2.45) is 0 Å². The van der Waals surface area contributed by atoms with Gasteiger partial charge in [-0.05, 0) is 42.8 Å². The van der Waals surface area contributed by atoms with Gasteiger partial charge in [-0.2, -0.15) is 0 Å². The highest BCUT2D eigenvalue weighted by Gasteiger charge is 2.50. The zero-order valence-corrected chi connectivity index (χ0v) is 19.0. The zero-order chi connectivity index (χ0) is 20.9. The maximum atomic E-state index is 13.6. The van der Waals surface area contributed by atoms with Crippen LogP contribution in [0.4, 0.5) is 11.6 Å². The lowest BCUT2D eigenvalue weighted by atomic mass is 9.92. The van der Waals surface area contributed by atoms with Crippen LogP contribution in [0.1, 0.15) is 12.5 Å². The van der Waals surface area contributed by atoms with Gasteiger partial charge in [0.1, 0.15) is 5.54 Å². The van der Waals surface area contributed by atoms with Crippen molar-refractivity contribution >= 4 is 67.4 Å². The molecule has 1 amide bonds. The number of thiol groups is 1. The molecule has 0 aliphatic carbocycles. The van der Waals surface area contributed by atoms with Crippen molar-refractivity contribution in [1.29, 1.82) is 0 Å². The fraction of sp³-hybridized carbons (Fsp3) is 0.158. The van der Waals surface area contributed by atoms with E-state index < -0.39 is 16.2 Å². The normalized spacial score (nSPS) is 18.5. The van der Waals surface area contributed by atoms with Crippen LogP contribution in [0.5, 0.6) is 0 Å². The van der Waals surface area contributed by atoms with Crippen molar-refractivity contribution < 1.29 is 13.2 Å². The minimum Gasteiger partial charge on any atom is -0.285 e. The van der Waals surface area contributed by atoms with Crippen LogP contribution in [-0.4, -0.2) is 23.9 Å². The van der Waals surface area contributed by atoms with E-state index in [9.17, 15) is 13.2 Å². The van der Waals surface area contributed by atoms with Crippen molar-refractivity contribution in [3.8, 4) is 0 Å². The number of fused-ring (bicyclic) bond motifs is 1. The summed E-state index contributed by atoms with van der Waals surface area (Å²) in [7, 11) is -2.96. The number of carbonyl (C=O) groups excluding carboxylic acids is 1. The molecule has 0 saturated carbocycles. The third-order valence-corrected chi connectivity index (χ3v) is 6.49. The van der Waals surface area contributed by atoms with E-state index >= 15 is 0 Å². The number of hydrogen-bond acceptors (Lipinski definition) is 4. The molecule has 0 N–H and O–H groups in total. The summed E-state index contributed by atoms with van der Waals surface area (Å²) >= 11 is 15.6. The van der Waals surface area contributed by atoms with Gasteiger partial charge in [0.2, 0.25) is 5.95 Å². The van der Waals surface area contributed by atoms with Crippen LogP contribution >= 0.6 is 39.1 Å². The molecule has 1 aromatic heterocycles. The summed E-state index contributed by atoms with van der Waals surface area (Å²) in [5.74, 6) is -0.109. The standard InChI is InChI=1S/C19H14BrCl2N3O3S/c1-19(9-11-2-4-12(20)5-3-11)17(26)24(15-7-13(21)6-14(22)8-15)18-23-10-16(25(18)19)29(27)28/h2-8,10,29H,9H2,1H3/t19-/m1/s1. The van der Waals surface area contributed by atoms with Crippen molar-refractivity contribution in [2.75, 3.05) is 4.90 Å². The van der Waals surface area contributed by atoms with E-state index in [-0.39, 0.29) is 23.3 Å². The maximum absolute atomic E-state index is 13.6. The monoisotopic (exact) mass is 513 g/mol. The number of carbonyl (C=O) groups is 1. The number of anilines is 2. The molecule has 0 fully saturated rings. The Morgan fingerprint density at radius 2 is 1.72 bits per heavy atom. The third kappa shape index (κ3) is 3.48. The van der Waals surface area contributed by atoms with Gasteiger partial charge in [-0.15, -0.1) is 0 Å². The highest BCUT2D eigenvalue weighted by molar-refractivity contribution is 9.10. The molecule has 10 heteroatoms. The summed E-state index contributed by atoms with van der Waals surface area (Å²) in [5, 5.41) is 0.684. The van der Waals surface area contributed by atoms with Crippen molar-refractivity contribution in [3.63, 3.8) is 0 Å². The minimum atomic E-state index is -2.96. The lowest BCUT2D eigenvalue weighted by Crippen LogP contribution is -2.41. The van der Waals surface area contributed by atoms with Crippen molar-refractivity contribution in [3.05, 3.63) is 68.7 Å². The van der Waals surface area contributed by atoms with Gasteiger partial charge in [0, 0.05) is 20.9 Å². The summed E-state index contributed by atoms with van der Waals surface area (Å²) in [6.07, 6.45) is 1.54. The molecule has 0 bridgehead atoms. The first-order chi connectivity index (χ1) is 13.7. The highest BCUT2D eigenvalue weighted by Crippen LogP contribution is 2.43. The summed E-state index contributed by atoms with van der Waals surface area (Å²) < 4.78 is 26.1. The molecule has 150 valence electrons. The Hall–Kier alpha value is -1.87. The Morgan fingerprint density at radius 3 is 2.31 bits per heavy atom. The molecule has 2 aromatic carbocycles. The maximum Gasteiger partial charge on any atom is 0.260 e. The number of amides is 1. The van der Waals surface area contributed by atoms with Gasteiger partial charge < -0.3 is 0 Å². The molecule has 1 aliphatic heterocycles. The molecule has 2 heterocycles. The van der Waals surface area contributed by atoms with Crippen LogP contribution in [-0.2, 0) is 27.5 Å². The summed E-state index contributed by atoms with van der Waals surface area (Å²) in [5.41, 5.74) is 0.104. The summed E-state index contributed by atoms with van der Waals surface area (Å²) in [6, 6.07) is 12.2. The van der Waals surface area contributed by atoms with E-state index in [1.165, 1.54) is 15.7 Å². The molecule has 3 aromatic rings. The number of aromatic nitrogens is 2. The topological polar surface area (TPSA) is 72.3 Å². The number of nitrogens with zero attached hydrogens (tertiary/aromatic N) is 3. The number of rotatable bonds is 4. The van der Waals surface area contributed by atoms with E-state index in [0.29, 0.717) is 15.7 Å². The average Bonchev–Trinajstić information content (AvgIpc) is 3.16. The highest BCUT2D eigenvalue weighted by atomic mass is 79.9. The lowest BCUT2D eigenvalue weighted by Gasteiger charge is -2.26. The van der Waals surface area contributed by atoms with Crippen molar-refractivity contribution in [1.82, 2.24) is 9.55 Å². The first-order valence-electron chi connectivity index (χ1n) is 8.48. The molecule has 4 rings (SSSR count). The van der Waals surface area contributed by atoms with Gasteiger partial charge in [0.25, 0.3) is 5.91 Å². The van der Waals surface area contributed by atoms with Gasteiger partial charge >= 0.3 is 0 Å². The van der Waals surface area contributed by atoms with Gasteiger partial charge in [0.05, 0.1) is 11.9 Å². The molecule has 29 heavy (non-hydrogen) atoms. The van der Waals surface area contributed by atoms with Gasteiger partial charge in [-0.25, -0.2) is 18.3 Å². The lowest BCUT2D eigenvalue weighted by molar-refractivity contribution is -0.124. The second-order valence-electron chi connectivity index (χ2n) is 6.85. The Bertz CT molecular complexity index is 1180. The Balaban J connectivity index is 1.90. The first-order valence-corrected chi connectivity index (χ1v) is 11.2. The molecule has 1 aliphatic rings. The minimum absolute atomic E-state index is 0.0291. The fourth-order valence-electron chi connectivity index (χ4n) is 3.58. The van der Waals surface area contributed by atoms with E-state index in [1.54, 1.807) is 25.1 Å². The first kappa shape index (κ1) is 20.4. The van der Waals surface area contributed by atoms with Gasteiger partial charge in [0.15, 0.2) is 15.7 Å². The number of benzene rings is 2. The van der Waals surface area contributed by atoms with Crippen molar-refractivity contribution in [2.45, 2.75) is 23.9 Å². The van der Waals surface area contributed by atoms with Gasteiger partial charge in [-0.3, -0.25) is 9.36 Å². The van der Waals surface area contributed by atoms with Crippen LogP contribution in [0, 0.1) is 0 Å². The average molecular weight is 515 g/mol. The van der Waals surface area contributed by atoms with Gasteiger partial charge in [-0.1, -0.05) is 51.3 Å². The Kier molecular flexibility index (Phi) is 5.23. The molecule has 0 saturated heterocycles. The summed E-state index contributed by atoms with van der Waals surface area (Å²) in [4.78, 5) is 19.2. The third-order valence-electron chi connectivity index (χ3n) is 4.84. The number of imidazole rings is 1. The Morgan fingerprint density at radius 1 is 1.10 bits per heavy atom. The van der Waals surface area contributed by atoms with E-state index in [0.717, 1.165) is 10.0 Å². The van der Waals surface area contributed by atoms with E-state index in [2.05, 4.69) is 20.9 Å². The van der Waals surface area contributed by atoms with Crippen LogP contribution in [0.3, 0.4) is 0 Å². The zero-order valence-electron chi connectivity index (χ0n) is 15.0. The molecule has 1 atom stereocenters. The predicted molar refractivity (Wildman–Crippen MR) is 116 cm³/mol. The molecular weight excluding hydrogens is 501 g/mol. The molecule has 6 nitrogen and oxygen atoms in total. The smallest absolute Gasteiger partial charge is 0.260 e. The van der Waals surface area contributed by atoms with Crippen LogP contribution < -0.4 is 4.90 Å². The quantitative estimate of drug-likeness (QED) is 0.518. The number of hydrogen-bond donors (Lipinski definition) is 1. The van der Waals surface area contributed by atoms with E-state index in [1.807, 2.05) is 24.3 Å². The predicted octanol–water partition coefficient (Wildman–Crippen LogP) is 4.56. The molecule has 0 unspecified atom stereocenters. The fourth-order valence-corrected chi connectivity index (χ4v) is 4.98. The second-order valence-corrected chi connectivity index (χ2v) is 9.62. The molecular formula is C19H14BrCl2N3O3S. The molecule has 0 spiro atoms. The number of halogens is 3. The van der Waals surface area contributed by atoms with Crippen LogP contribution in [0.15, 0.2) is 58.2 Å². The molecule has 0 radical (unpaired) electrons.